The summed E-state index contributed by atoms with van der Waals surface area (Å²) in [6, 6.07) is 0. The first kappa shape index (κ1) is 12.8. The van der Waals surface area contributed by atoms with Crippen LogP contribution in [-0.4, -0.2) is 43.9 Å². The van der Waals surface area contributed by atoms with Crippen LogP contribution in [0.5, 0.6) is 0 Å². The molecule has 0 bridgehead atoms. The van der Waals surface area contributed by atoms with E-state index in [4.69, 9.17) is 15.2 Å². The molecule has 1 heterocycles. The van der Waals surface area contributed by atoms with E-state index in [0.29, 0.717) is 19.8 Å². The van der Waals surface area contributed by atoms with Gasteiger partial charge in [0.05, 0.1) is 18.2 Å². The zero-order chi connectivity index (χ0) is 12.1. The quantitative estimate of drug-likeness (QED) is 0.625. The van der Waals surface area contributed by atoms with Gasteiger partial charge in [0.1, 0.15) is 0 Å². The molecular formula is C12H22N2O3. The number of carbonyl (C=O) groups excluding carboxylic acids is 1. The highest BCUT2D eigenvalue weighted by molar-refractivity contribution is 5.88. The fourth-order valence-electron chi connectivity index (χ4n) is 1.90. The summed E-state index contributed by atoms with van der Waals surface area (Å²) in [6.07, 6.45) is 4.98. The summed E-state index contributed by atoms with van der Waals surface area (Å²) in [5.74, 6) is -0.0170. The molecule has 2 rings (SSSR count). The van der Waals surface area contributed by atoms with E-state index in [1.807, 2.05) is 0 Å². The molecule has 5 heteroatoms. The molecule has 1 amide bonds. The SMILES string of the molecule is NC1(C(=O)NCCCOCC2CCCO2)CC1. The Bertz CT molecular complexity index is 260. The van der Waals surface area contributed by atoms with Crippen molar-refractivity contribution in [3.05, 3.63) is 0 Å². The van der Waals surface area contributed by atoms with Gasteiger partial charge in [0.25, 0.3) is 0 Å². The predicted molar refractivity (Wildman–Crippen MR) is 63.6 cm³/mol. The van der Waals surface area contributed by atoms with Crippen LogP contribution in [0.25, 0.3) is 0 Å². The van der Waals surface area contributed by atoms with E-state index in [9.17, 15) is 4.79 Å². The van der Waals surface area contributed by atoms with Gasteiger partial charge in [-0.25, -0.2) is 0 Å². The molecule has 2 aliphatic rings. The van der Waals surface area contributed by atoms with Gasteiger partial charge in [-0.1, -0.05) is 0 Å². The lowest BCUT2D eigenvalue weighted by molar-refractivity contribution is -0.123. The van der Waals surface area contributed by atoms with Crippen LogP contribution >= 0.6 is 0 Å². The van der Waals surface area contributed by atoms with E-state index in [-0.39, 0.29) is 12.0 Å². The second kappa shape index (κ2) is 5.80. The first-order chi connectivity index (χ1) is 8.21. The first-order valence-electron chi connectivity index (χ1n) is 6.47. The molecule has 0 aromatic heterocycles. The zero-order valence-corrected chi connectivity index (χ0v) is 10.2. The van der Waals surface area contributed by atoms with Gasteiger partial charge in [0.15, 0.2) is 0 Å². The molecular weight excluding hydrogens is 220 g/mol. The minimum absolute atomic E-state index is 0.0170. The Morgan fingerprint density at radius 3 is 3.00 bits per heavy atom. The van der Waals surface area contributed by atoms with Crippen molar-refractivity contribution in [3.8, 4) is 0 Å². The maximum Gasteiger partial charge on any atom is 0.240 e. The average molecular weight is 242 g/mol. The van der Waals surface area contributed by atoms with E-state index in [1.54, 1.807) is 0 Å². The van der Waals surface area contributed by atoms with Crippen LogP contribution < -0.4 is 11.1 Å². The van der Waals surface area contributed by atoms with Crippen molar-refractivity contribution in [2.45, 2.75) is 43.7 Å². The molecule has 0 aromatic rings. The first-order valence-corrected chi connectivity index (χ1v) is 6.47. The number of carbonyl (C=O) groups is 1. The topological polar surface area (TPSA) is 73.6 Å². The van der Waals surface area contributed by atoms with E-state index >= 15 is 0 Å². The van der Waals surface area contributed by atoms with Crippen molar-refractivity contribution in [1.29, 1.82) is 0 Å². The Labute approximate surface area is 102 Å². The Balaban J connectivity index is 1.42. The Morgan fingerprint density at radius 2 is 2.35 bits per heavy atom. The third-order valence-electron chi connectivity index (χ3n) is 3.32. The van der Waals surface area contributed by atoms with Crippen LogP contribution in [0.3, 0.4) is 0 Å². The zero-order valence-electron chi connectivity index (χ0n) is 10.2. The molecule has 0 spiro atoms. The lowest BCUT2D eigenvalue weighted by Crippen LogP contribution is -2.43. The number of ether oxygens (including phenoxy) is 2. The third-order valence-corrected chi connectivity index (χ3v) is 3.32. The van der Waals surface area contributed by atoms with Crippen molar-refractivity contribution in [3.63, 3.8) is 0 Å². The third kappa shape index (κ3) is 3.94. The summed E-state index contributed by atoms with van der Waals surface area (Å²) in [7, 11) is 0. The van der Waals surface area contributed by atoms with Crippen LogP contribution in [0.4, 0.5) is 0 Å². The second-order valence-corrected chi connectivity index (χ2v) is 4.98. The minimum atomic E-state index is -0.557. The summed E-state index contributed by atoms with van der Waals surface area (Å²) in [4.78, 5) is 11.5. The fraction of sp³-hybridized carbons (Fsp3) is 0.917. The molecule has 1 saturated carbocycles. The lowest BCUT2D eigenvalue weighted by Gasteiger charge is -2.11. The van der Waals surface area contributed by atoms with E-state index in [0.717, 1.165) is 38.7 Å². The van der Waals surface area contributed by atoms with Crippen LogP contribution in [-0.2, 0) is 14.3 Å². The summed E-state index contributed by atoms with van der Waals surface area (Å²) in [6.45, 7) is 2.85. The maximum atomic E-state index is 11.5. The smallest absolute Gasteiger partial charge is 0.240 e. The standard InChI is InChI=1S/C12H22N2O3/c13-12(4-5-12)11(15)14-6-2-7-16-9-10-3-1-8-17-10/h10H,1-9,13H2,(H,14,15). The van der Waals surface area contributed by atoms with Gasteiger partial charge in [-0.05, 0) is 32.1 Å². The largest absolute Gasteiger partial charge is 0.379 e. The van der Waals surface area contributed by atoms with Crippen molar-refractivity contribution in [2.24, 2.45) is 5.73 Å². The second-order valence-electron chi connectivity index (χ2n) is 4.98. The van der Waals surface area contributed by atoms with Gasteiger partial charge >= 0.3 is 0 Å². The summed E-state index contributed by atoms with van der Waals surface area (Å²) in [5, 5.41) is 2.84. The molecule has 1 atom stereocenters. The van der Waals surface area contributed by atoms with Crippen LogP contribution in [0, 0.1) is 0 Å². The summed E-state index contributed by atoms with van der Waals surface area (Å²) in [5.41, 5.74) is 5.20. The lowest BCUT2D eigenvalue weighted by atomic mass is 10.2. The highest BCUT2D eigenvalue weighted by atomic mass is 16.5. The molecule has 0 aromatic carbocycles. The van der Waals surface area contributed by atoms with Crippen LogP contribution in [0.1, 0.15) is 32.1 Å². The van der Waals surface area contributed by atoms with Gasteiger partial charge < -0.3 is 20.5 Å². The van der Waals surface area contributed by atoms with Gasteiger partial charge in [-0.2, -0.15) is 0 Å². The van der Waals surface area contributed by atoms with Crippen molar-refractivity contribution >= 4 is 5.91 Å². The van der Waals surface area contributed by atoms with E-state index < -0.39 is 5.54 Å². The molecule has 17 heavy (non-hydrogen) atoms. The molecule has 98 valence electrons. The predicted octanol–water partition coefficient (Wildman–Crippen LogP) is 0.180. The van der Waals surface area contributed by atoms with E-state index in [2.05, 4.69) is 5.32 Å². The van der Waals surface area contributed by atoms with Crippen molar-refractivity contribution in [1.82, 2.24) is 5.32 Å². The molecule has 1 aliphatic carbocycles. The normalized spacial score (nSPS) is 25.8. The number of amides is 1. The average Bonchev–Trinajstić information content (AvgIpc) is 2.88. The minimum Gasteiger partial charge on any atom is -0.379 e. The number of nitrogens with two attached hydrogens (primary N) is 1. The van der Waals surface area contributed by atoms with Crippen molar-refractivity contribution < 1.29 is 14.3 Å². The number of nitrogens with one attached hydrogen (secondary N) is 1. The monoisotopic (exact) mass is 242 g/mol. The molecule has 0 radical (unpaired) electrons. The number of hydrogen-bond acceptors (Lipinski definition) is 4. The maximum absolute atomic E-state index is 11.5. The molecule has 1 saturated heterocycles. The Morgan fingerprint density at radius 1 is 1.53 bits per heavy atom. The van der Waals surface area contributed by atoms with Gasteiger partial charge in [0, 0.05) is 19.8 Å². The Hall–Kier alpha value is -0.650. The molecule has 2 fully saturated rings. The van der Waals surface area contributed by atoms with E-state index in [1.165, 1.54) is 0 Å². The number of rotatable bonds is 7. The number of hydrogen-bond donors (Lipinski definition) is 2. The molecule has 1 unspecified atom stereocenters. The molecule has 5 nitrogen and oxygen atoms in total. The van der Waals surface area contributed by atoms with Gasteiger partial charge in [0.2, 0.25) is 5.91 Å². The van der Waals surface area contributed by atoms with Crippen LogP contribution in [0.2, 0.25) is 0 Å². The highest BCUT2D eigenvalue weighted by Crippen LogP contribution is 2.31. The fourth-order valence-corrected chi connectivity index (χ4v) is 1.90. The van der Waals surface area contributed by atoms with Gasteiger partial charge in [-0.3, -0.25) is 4.79 Å². The molecule has 1 aliphatic heterocycles. The van der Waals surface area contributed by atoms with Crippen LogP contribution in [0.15, 0.2) is 0 Å². The highest BCUT2D eigenvalue weighted by Gasteiger charge is 2.45. The van der Waals surface area contributed by atoms with Crippen molar-refractivity contribution in [2.75, 3.05) is 26.4 Å². The molecule has 3 N–H and O–H groups in total. The summed E-state index contributed by atoms with van der Waals surface area (Å²) >= 11 is 0. The summed E-state index contributed by atoms with van der Waals surface area (Å²) < 4.78 is 10.9. The Kier molecular flexibility index (Phi) is 4.36. The van der Waals surface area contributed by atoms with Gasteiger partial charge in [-0.15, -0.1) is 0 Å².